The molecule has 0 spiro atoms. The first-order valence-corrected chi connectivity index (χ1v) is 4.87. The SMILES string of the molecule is [CH2-]CCCCC(OCC)OCC.[I-].[Mg+2]. The Bertz CT molecular complexity index is 88.2. The predicted molar refractivity (Wildman–Crippen MR) is 56.6 cm³/mol. The van der Waals surface area contributed by atoms with Crippen molar-refractivity contribution in [2.75, 3.05) is 13.2 Å². The second-order valence-corrected chi connectivity index (χ2v) is 2.69. The number of ether oxygens (including phenoxy) is 2. The van der Waals surface area contributed by atoms with E-state index in [1.807, 2.05) is 13.8 Å². The molecular formula is C10H21IMgO2. The Morgan fingerprint density at radius 3 is 1.93 bits per heavy atom. The van der Waals surface area contributed by atoms with Crippen LogP contribution in [0.1, 0.15) is 39.5 Å². The molecule has 0 radical (unpaired) electrons. The van der Waals surface area contributed by atoms with Gasteiger partial charge in [0.15, 0.2) is 6.29 Å². The Morgan fingerprint density at radius 2 is 1.57 bits per heavy atom. The summed E-state index contributed by atoms with van der Waals surface area (Å²) in [5.41, 5.74) is 0. The summed E-state index contributed by atoms with van der Waals surface area (Å²) in [6, 6.07) is 0. The normalized spacial score (nSPS) is 9.43. The van der Waals surface area contributed by atoms with Crippen LogP contribution in [-0.2, 0) is 9.47 Å². The summed E-state index contributed by atoms with van der Waals surface area (Å²) in [6.45, 7) is 9.24. The van der Waals surface area contributed by atoms with Crippen LogP contribution in [0.3, 0.4) is 0 Å². The fourth-order valence-corrected chi connectivity index (χ4v) is 1.07. The van der Waals surface area contributed by atoms with Gasteiger partial charge < -0.3 is 40.4 Å². The molecule has 0 aromatic carbocycles. The molecule has 0 aliphatic rings. The van der Waals surface area contributed by atoms with Crippen molar-refractivity contribution >= 4 is 23.1 Å². The molecule has 2 nitrogen and oxygen atoms in total. The minimum atomic E-state index is 0. The minimum absolute atomic E-state index is 0. The Hall–Kier alpha value is 1.42. The third-order valence-electron chi connectivity index (χ3n) is 1.64. The van der Waals surface area contributed by atoms with Gasteiger partial charge in [0.05, 0.1) is 0 Å². The molecule has 0 atom stereocenters. The predicted octanol–water partition coefficient (Wildman–Crippen LogP) is -0.597. The smallest absolute Gasteiger partial charge is 1.00 e. The Morgan fingerprint density at radius 1 is 1.07 bits per heavy atom. The second-order valence-electron chi connectivity index (χ2n) is 2.69. The molecule has 0 aromatic heterocycles. The third kappa shape index (κ3) is 13.4. The maximum Gasteiger partial charge on any atom is 2.00 e. The monoisotopic (exact) mass is 324 g/mol. The summed E-state index contributed by atoms with van der Waals surface area (Å²) in [5, 5.41) is 0. The summed E-state index contributed by atoms with van der Waals surface area (Å²) in [7, 11) is 0. The van der Waals surface area contributed by atoms with Gasteiger partial charge in [0.1, 0.15) is 0 Å². The van der Waals surface area contributed by atoms with Gasteiger partial charge in [-0.3, -0.25) is 0 Å². The van der Waals surface area contributed by atoms with Gasteiger partial charge in [0.25, 0.3) is 0 Å². The van der Waals surface area contributed by atoms with Gasteiger partial charge in [-0.05, 0) is 20.3 Å². The first-order valence-electron chi connectivity index (χ1n) is 4.87. The zero-order valence-electron chi connectivity index (χ0n) is 9.43. The Labute approximate surface area is 122 Å². The van der Waals surface area contributed by atoms with Gasteiger partial charge in [-0.25, -0.2) is 0 Å². The van der Waals surface area contributed by atoms with E-state index in [2.05, 4.69) is 6.92 Å². The average molecular weight is 324 g/mol. The molecule has 4 heteroatoms. The van der Waals surface area contributed by atoms with Crippen molar-refractivity contribution in [2.24, 2.45) is 0 Å². The summed E-state index contributed by atoms with van der Waals surface area (Å²) in [4.78, 5) is 0. The molecule has 14 heavy (non-hydrogen) atoms. The van der Waals surface area contributed by atoms with E-state index in [0.717, 1.165) is 38.9 Å². The van der Waals surface area contributed by atoms with Gasteiger partial charge in [-0.15, -0.1) is 0 Å². The second kappa shape index (κ2) is 16.8. The van der Waals surface area contributed by atoms with Crippen LogP contribution in [-0.4, -0.2) is 42.6 Å². The van der Waals surface area contributed by atoms with Gasteiger partial charge in [-0.1, -0.05) is 12.8 Å². The maximum atomic E-state index is 5.39. The van der Waals surface area contributed by atoms with Crippen molar-refractivity contribution in [1.82, 2.24) is 0 Å². The largest absolute Gasteiger partial charge is 2.00 e. The van der Waals surface area contributed by atoms with Crippen molar-refractivity contribution in [2.45, 2.75) is 45.8 Å². The van der Waals surface area contributed by atoms with Crippen LogP contribution >= 0.6 is 0 Å². The van der Waals surface area contributed by atoms with Crippen LogP contribution in [0.2, 0.25) is 0 Å². The molecule has 0 saturated heterocycles. The summed E-state index contributed by atoms with van der Waals surface area (Å²) < 4.78 is 10.8. The summed E-state index contributed by atoms with van der Waals surface area (Å²) >= 11 is 0. The molecule has 0 aliphatic heterocycles. The topological polar surface area (TPSA) is 18.5 Å². The van der Waals surface area contributed by atoms with Gasteiger partial charge >= 0.3 is 23.1 Å². The van der Waals surface area contributed by atoms with Gasteiger partial charge in [-0.2, -0.15) is 6.42 Å². The van der Waals surface area contributed by atoms with Crippen LogP contribution in [0.4, 0.5) is 0 Å². The standard InChI is InChI=1S/C10H21O2.HI.Mg/c1-4-7-8-9-10(11-5-2)12-6-3;;/h10H,1,4-9H2,2-3H3;1H;/q-1;;+2/p-1. The van der Waals surface area contributed by atoms with Crippen LogP contribution in [0, 0.1) is 6.92 Å². The number of hydrogen-bond acceptors (Lipinski definition) is 2. The number of hydrogen-bond donors (Lipinski definition) is 0. The number of rotatable bonds is 8. The van der Waals surface area contributed by atoms with Gasteiger partial charge in [0.2, 0.25) is 0 Å². The summed E-state index contributed by atoms with van der Waals surface area (Å²) in [6.07, 6.45) is 4.32. The van der Waals surface area contributed by atoms with Crippen molar-refractivity contribution in [3.05, 3.63) is 6.92 Å². The van der Waals surface area contributed by atoms with Crippen LogP contribution in [0.5, 0.6) is 0 Å². The molecule has 82 valence electrons. The first kappa shape index (κ1) is 20.8. The molecule has 0 aromatic rings. The molecule has 0 N–H and O–H groups in total. The van der Waals surface area contributed by atoms with E-state index < -0.39 is 0 Å². The van der Waals surface area contributed by atoms with Crippen LogP contribution in [0.25, 0.3) is 0 Å². The van der Waals surface area contributed by atoms with E-state index in [1.165, 1.54) is 0 Å². The molecule has 0 aliphatic carbocycles. The van der Waals surface area contributed by atoms with E-state index in [9.17, 15) is 0 Å². The number of unbranched alkanes of at least 4 members (excludes halogenated alkanes) is 2. The molecular weight excluding hydrogens is 303 g/mol. The van der Waals surface area contributed by atoms with Crippen molar-refractivity contribution in [3.63, 3.8) is 0 Å². The molecule has 0 heterocycles. The fraction of sp³-hybridized carbons (Fsp3) is 0.900. The third-order valence-corrected chi connectivity index (χ3v) is 1.64. The van der Waals surface area contributed by atoms with Crippen molar-refractivity contribution in [1.29, 1.82) is 0 Å². The molecule has 0 rings (SSSR count). The van der Waals surface area contributed by atoms with Crippen molar-refractivity contribution < 1.29 is 33.5 Å². The Balaban J connectivity index is -0.000000605. The van der Waals surface area contributed by atoms with Crippen LogP contribution in [0.15, 0.2) is 0 Å². The Kier molecular flexibility index (Phi) is 25.0. The molecule has 0 amide bonds. The van der Waals surface area contributed by atoms with E-state index in [1.54, 1.807) is 0 Å². The number of halogens is 1. The minimum Gasteiger partial charge on any atom is -1.00 e. The van der Waals surface area contributed by atoms with Crippen molar-refractivity contribution in [3.8, 4) is 0 Å². The van der Waals surface area contributed by atoms with E-state index >= 15 is 0 Å². The molecule has 0 saturated carbocycles. The van der Waals surface area contributed by atoms with Crippen LogP contribution < -0.4 is 24.0 Å². The van der Waals surface area contributed by atoms with E-state index in [-0.39, 0.29) is 53.3 Å². The average Bonchev–Trinajstić information content (AvgIpc) is 2.06. The molecule has 0 bridgehead atoms. The molecule has 0 unspecified atom stereocenters. The quantitative estimate of drug-likeness (QED) is 0.195. The maximum absolute atomic E-state index is 5.39. The van der Waals surface area contributed by atoms with Gasteiger partial charge in [0, 0.05) is 13.2 Å². The molecule has 0 fully saturated rings. The zero-order chi connectivity index (χ0) is 9.23. The van der Waals surface area contributed by atoms with E-state index in [4.69, 9.17) is 9.47 Å². The fourth-order valence-electron chi connectivity index (χ4n) is 1.07. The summed E-state index contributed by atoms with van der Waals surface area (Å²) in [5.74, 6) is 0. The van der Waals surface area contributed by atoms with E-state index in [0.29, 0.717) is 0 Å². The zero-order valence-corrected chi connectivity index (χ0v) is 13.0. The first-order chi connectivity index (χ1) is 5.85.